The van der Waals surface area contributed by atoms with Crippen molar-refractivity contribution in [2.24, 2.45) is 0 Å². The lowest BCUT2D eigenvalue weighted by Gasteiger charge is -2.22. The summed E-state index contributed by atoms with van der Waals surface area (Å²) in [6, 6.07) is 12.6. The Morgan fingerprint density at radius 1 is 0.913 bits per heavy atom. The third kappa shape index (κ3) is 3.96. The first-order chi connectivity index (χ1) is 11.0. The zero-order chi connectivity index (χ0) is 17.0. The van der Waals surface area contributed by atoms with Gasteiger partial charge in [0.2, 0.25) is 0 Å². The van der Waals surface area contributed by atoms with E-state index in [2.05, 4.69) is 58.9 Å². The molecule has 0 aromatic heterocycles. The highest BCUT2D eigenvalue weighted by atomic mass is 16.3. The lowest BCUT2D eigenvalue weighted by molar-refractivity contribution is 0.474. The van der Waals surface area contributed by atoms with Crippen LogP contribution < -0.4 is 0 Å². The lowest BCUT2D eigenvalue weighted by atomic mass is 9.83. The van der Waals surface area contributed by atoms with Crippen molar-refractivity contribution in [3.05, 3.63) is 53.1 Å². The number of phenolic OH excluding ortho intramolecular Hbond substituents is 1. The highest BCUT2D eigenvalue weighted by Crippen LogP contribution is 2.39. The van der Waals surface area contributed by atoms with Crippen LogP contribution in [0.4, 0.5) is 0 Å². The summed E-state index contributed by atoms with van der Waals surface area (Å²) in [6.45, 7) is 11.2. The third-order valence-electron chi connectivity index (χ3n) is 4.53. The first kappa shape index (κ1) is 17.6. The number of rotatable bonds is 6. The molecule has 0 radical (unpaired) electrons. The van der Waals surface area contributed by atoms with Crippen LogP contribution in [-0.2, 0) is 6.42 Å². The van der Waals surface area contributed by atoms with E-state index in [1.165, 1.54) is 27.8 Å². The van der Waals surface area contributed by atoms with Crippen molar-refractivity contribution in [1.29, 1.82) is 0 Å². The van der Waals surface area contributed by atoms with E-state index in [0.29, 0.717) is 17.6 Å². The van der Waals surface area contributed by atoms with E-state index in [4.69, 9.17) is 0 Å². The first-order valence-corrected chi connectivity index (χ1v) is 8.90. The van der Waals surface area contributed by atoms with Crippen molar-refractivity contribution in [1.82, 2.24) is 0 Å². The molecule has 124 valence electrons. The number of hydrogen-bond donors (Lipinski definition) is 1. The van der Waals surface area contributed by atoms with Crippen molar-refractivity contribution in [3.8, 4) is 16.9 Å². The molecule has 0 heterocycles. The second-order valence-corrected chi connectivity index (χ2v) is 7.07. The third-order valence-corrected chi connectivity index (χ3v) is 4.53. The summed E-state index contributed by atoms with van der Waals surface area (Å²) >= 11 is 0. The molecular formula is C22H30O. The minimum Gasteiger partial charge on any atom is -0.508 e. The van der Waals surface area contributed by atoms with E-state index in [9.17, 15) is 5.11 Å². The Kier molecular flexibility index (Phi) is 5.87. The molecule has 0 fully saturated rings. The SMILES string of the molecule is CCCCc1cc(O)ccc1-c1c(C(C)C)cccc1C(C)C. The zero-order valence-electron chi connectivity index (χ0n) is 15.2. The Balaban J connectivity index is 2.69. The fraction of sp³-hybridized carbons (Fsp3) is 0.455. The Hall–Kier alpha value is -1.76. The van der Waals surface area contributed by atoms with E-state index in [1.54, 1.807) is 0 Å². The van der Waals surface area contributed by atoms with Crippen LogP contribution in [0.15, 0.2) is 36.4 Å². The number of benzene rings is 2. The summed E-state index contributed by atoms with van der Waals surface area (Å²) in [5.74, 6) is 1.33. The predicted molar refractivity (Wildman–Crippen MR) is 100 cm³/mol. The van der Waals surface area contributed by atoms with Crippen molar-refractivity contribution >= 4 is 0 Å². The predicted octanol–water partition coefficient (Wildman–Crippen LogP) is 6.65. The van der Waals surface area contributed by atoms with Gasteiger partial charge in [-0.25, -0.2) is 0 Å². The van der Waals surface area contributed by atoms with Crippen molar-refractivity contribution < 1.29 is 5.11 Å². The molecule has 1 N–H and O–H groups in total. The molecule has 1 nitrogen and oxygen atoms in total. The van der Waals surface area contributed by atoms with Gasteiger partial charge in [0.1, 0.15) is 5.75 Å². The fourth-order valence-electron chi connectivity index (χ4n) is 3.26. The molecule has 0 aliphatic rings. The maximum atomic E-state index is 9.94. The second-order valence-electron chi connectivity index (χ2n) is 7.07. The van der Waals surface area contributed by atoms with E-state index in [0.717, 1.165) is 19.3 Å². The highest BCUT2D eigenvalue weighted by molar-refractivity contribution is 5.76. The van der Waals surface area contributed by atoms with Gasteiger partial charge in [0.25, 0.3) is 0 Å². The van der Waals surface area contributed by atoms with Gasteiger partial charge in [-0.3, -0.25) is 0 Å². The molecule has 0 spiro atoms. The minimum atomic E-state index is 0.368. The van der Waals surface area contributed by atoms with Crippen LogP contribution in [0.1, 0.15) is 76.0 Å². The molecule has 0 amide bonds. The van der Waals surface area contributed by atoms with Gasteiger partial charge in [0, 0.05) is 0 Å². The number of phenols is 1. The molecule has 0 saturated carbocycles. The topological polar surface area (TPSA) is 20.2 Å². The zero-order valence-corrected chi connectivity index (χ0v) is 15.2. The van der Waals surface area contributed by atoms with Crippen LogP contribution in [0, 0.1) is 0 Å². The van der Waals surface area contributed by atoms with Crippen LogP contribution in [0.5, 0.6) is 5.75 Å². The smallest absolute Gasteiger partial charge is 0.115 e. The molecule has 1 heteroatoms. The molecule has 0 bridgehead atoms. The van der Waals surface area contributed by atoms with Crippen LogP contribution in [0.25, 0.3) is 11.1 Å². The van der Waals surface area contributed by atoms with Gasteiger partial charge in [-0.15, -0.1) is 0 Å². The molecular weight excluding hydrogens is 280 g/mol. The van der Waals surface area contributed by atoms with Gasteiger partial charge in [-0.05, 0) is 64.6 Å². The summed E-state index contributed by atoms with van der Waals surface area (Å²) in [4.78, 5) is 0. The van der Waals surface area contributed by atoms with Crippen molar-refractivity contribution in [2.75, 3.05) is 0 Å². The number of hydrogen-bond acceptors (Lipinski definition) is 1. The number of unbranched alkanes of at least 4 members (excludes halogenated alkanes) is 1. The second kappa shape index (κ2) is 7.68. The summed E-state index contributed by atoms with van der Waals surface area (Å²) in [7, 11) is 0. The van der Waals surface area contributed by atoms with Crippen molar-refractivity contribution in [3.63, 3.8) is 0 Å². The summed E-state index contributed by atoms with van der Waals surface area (Å²) in [6.07, 6.45) is 3.33. The van der Waals surface area contributed by atoms with Crippen LogP contribution >= 0.6 is 0 Å². The first-order valence-electron chi connectivity index (χ1n) is 8.90. The molecule has 0 saturated heterocycles. The van der Waals surface area contributed by atoms with Crippen molar-refractivity contribution in [2.45, 2.75) is 65.7 Å². The van der Waals surface area contributed by atoms with Crippen LogP contribution in [0.3, 0.4) is 0 Å². The molecule has 0 aliphatic carbocycles. The Morgan fingerprint density at radius 2 is 1.52 bits per heavy atom. The van der Waals surface area contributed by atoms with Gasteiger partial charge in [-0.2, -0.15) is 0 Å². The number of aromatic hydroxyl groups is 1. The highest BCUT2D eigenvalue weighted by Gasteiger charge is 2.18. The maximum absolute atomic E-state index is 9.94. The Morgan fingerprint density at radius 3 is 2.04 bits per heavy atom. The van der Waals surface area contributed by atoms with Gasteiger partial charge in [-0.1, -0.05) is 65.3 Å². The Bertz CT molecular complexity index is 627. The monoisotopic (exact) mass is 310 g/mol. The summed E-state index contributed by atoms with van der Waals surface area (Å²) in [5.41, 5.74) is 6.74. The Labute approximate surface area is 141 Å². The quantitative estimate of drug-likeness (QED) is 0.633. The number of aryl methyl sites for hydroxylation is 1. The van der Waals surface area contributed by atoms with E-state index >= 15 is 0 Å². The molecule has 2 aromatic rings. The van der Waals surface area contributed by atoms with Gasteiger partial charge in [0.15, 0.2) is 0 Å². The fourth-order valence-corrected chi connectivity index (χ4v) is 3.26. The molecule has 2 rings (SSSR count). The minimum absolute atomic E-state index is 0.368. The van der Waals surface area contributed by atoms with Crippen LogP contribution in [-0.4, -0.2) is 5.11 Å². The maximum Gasteiger partial charge on any atom is 0.115 e. The molecule has 0 atom stereocenters. The summed E-state index contributed by atoms with van der Waals surface area (Å²) < 4.78 is 0. The average Bonchev–Trinajstić information content (AvgIpc) is 2.52. The van der Waals surface area contributed by atoms with Gasteiger partial charge >= 0.3 is 0 Å². The van der Waals surface area contributed by atoms with E-state index < -0.39 is 0 Å². The van der Waals surface area contributed by atoms with Crippen LogP contribution in [0.2, 0.25) is 0 Å². The average molecular weight is 310 g/mol. The molecule has 23 heavy (non-hydrogen) atoms. The largest absolute Gasteiger partial charge is 0.508 e. The molecule has 0 unspecified atom stereocenters. The standard InChI is InChI=1S/C22H30O/c1-6-7-9-17-14-18(23)12-13-21(17)22-19(15(2)3)10-8-11-20(22)16(4)5/h8,10-16,23H,6-7,9H2,1-5H3. The lowest BCUT2D eigenvalue weighted by Crippen LogP contribution is -2.02. The van der Waals surface area contributed by atoms with Gasteiger partial charge < -0.3 is 5.11 Å². The normalized spacial score (nSPS) is 11.4. The van der Waals surface area contributed by atoms with Gasteiger partial charge in [0.05, 0.1) is 0 Å². The summed E-state index contributed by atoms with van der Waals surface area (Å²) in [5, 5.41) is 9.94. The molecule has 2 aromatic carbocycles. The molecule has 0 aliphatic heterocycles. The van der Waals surface area contributed by atoms with E-state index in [-0.39, 0.29) is 0 Å². The van der Waals surface area contributed by atoms with E-state index in [1.807, 2.05) is 12.1 Å².